The van der Waals surface area contributed by atoms with Gasteiger partial charge >= 0.3 is 0 Å². The van der Waals surface area contributed by atoms with Crippen molar-refractivity contribution in [2.75, 3.05) is 0 Å². The smallest absolute Gasteiger partial charge is 0.199 e. The van der Waals surface area contributed by atoms with Crippen LogP contribution < -0.4 is 0 Å². The molecule has 1 aromatic rings. The third-order valence-electron chi connectivity index (χ3n) is 3.05. The van der Waals surface area contributed by atoms with Crippen LogP contribution >= 0.6 is 50.7 Å². The SMILES string of the molecule is Clc1ccc(C2OC(Br)=CN2C2CC2(Cl)Cl)cc1. The quantitative estimate of drug-likeness (QED) is 0.694. The molecule has 2 atom stereocenters. The summed E-state index contributed by atoms with van der Waals surface area (Å²) in [6.07, 6.45) is 2.41. The highest BCUT2D eigenvalue weighted by molar-refractivity contribution is 9.11. The van der Waals surface area contributed by atoms with E-state index in [0.717, 1.165) is 12.0 Å². The number of nitrogens with zero attached hydrogens (tertiary/aromatic N) is 1. The van der Waals surface area contributed by atoms with E-state index in [-0.39, 0.29) is 12.3 Å². The monoisotopic (exact) mass is 367 g/mol. The van der Waals surface area contributed by atoms with Crippen LogP contribution in [0.3, 0.4) is 0 Å². The molecule has 3 rings (SSSR count). The number of rotatable bonds is 2. The van der Waals surface area contributed by atoms with E-state index in [1.165, 1.54) is 0 Å². The summed E-state index contributed by atoms with van der Waals surface area (Å²) in [5.41, 5.74) is 1.01. The molecule has 1 heterocycles. The van der Waals surface area contributed by atoms with Gasteiger partial charge < -0.3 is 9.64 Å². The molecule has 1 aromatic carbocycles. The van der Waals surface area contributed by atoms with E-state index >= 15 is 0 Å². The average molecular weight is 369 g/mol. The van der Waals surface area contributed by atoms with Crippen molar-refractivity contribution in [3.05, 3.63) is 45.7 Å². The Labute approximate surface area is 129 Å². The second-order valence-electron chi connectivity index (χ2n) is 4.38. The molecular formula is C12H9BrCl3NO. The maximum atomic E-state index is 6.12. The third-order valence-corrected chi connectivity index (χ3v) is 4.51. The molecule has 18 heavy (non-hydrogen) atoms. The van der Waals surface area contributed by atoms with Gasteiger partial charge in [-0.15, -0.1) is 0 Å². The maximum Gasteiger partial charge on any atom is 0.199 e. The molecule has 2 nitrogen and oxygen atoms in total. The summed E-state index contributed by atoms with van der Waals surface area (Å²) in [6, 6.07) is 7.63. The molecule has 0 radical (unpaired) electrons. The molecule has 1 aliphatic carbocycles. The Bertz CT molecular complexity index is 503. The van der Waals surface area contributed by atoms with Crippen molar-refractivity contribution < 1.29 is 4.74 Å². The predicted octanol–water partition coefficient (Wildman–Crippen LogP) is 4.81. The molecule has 0 N–H and O–H groups in total. The van der Waals surface area contributed by atoms with E-state index in [1.54, 1.807) is 0 Å². The van der Waals surface area contributed by atoms with Crippen molar-refractivity contribution in [1.29, 1.82) is 0 Å². The van der Waals surface area contributed by atoms with Crippen LogP contribution in [0.25, 0.3) is 0 Å². The molecule has 0 aromatic heterocycles. The van der Waals surface area contributed by atoms with Crippen LogP contribution in [0.5, 0.6) is 0 Å². The molecule has 1 aliphatic heterocycles. The van der Waals surface area contributed by atoms with Gasteiger partial charge in [-0.2, -0.15) is 0 Å². The molecule has 0 amide bonds. The highest BCUT2D eigenvalue weighted by Crippen LogP contribution is 2.54. The Morgan fingerprint density at radius 2 is 1.89 bits per heavy atom. The lowest BCUT2D eigenvalue weighted by molar-refractivity contribution is 0.0484. The Morgan fingerprint density at radius 3 is 2.44 bits per heavy atom. The minimum atomic E-state index is -0.678. The van der Waals surface area contributed by atoms with Gasteiger partial charge in [0, 0.05) is 17.0 Å². The van der Waals surface area contributed by atoms with Gasteiger partial charge in [0.2, 0.25) is 0 Å². The first kappa shape index (κ1) is 12.9. The highest BCUT2D eigenvalue weighted by atomic mass is 79.9. The molecule has 0 spiro atoms. The van der Waals surface area contributed by atoms with Crippen molar-refractivity contribution in [2.45, 2.75) is 23.0 Å². The summed E-state index contributed by atoms with van der Waals surface area (Å²) in [5, 5.41) is 0.700. The Kier molecular flexibility index (Phi) is 3.22. The maximum absolute atomic E-state index is 6.12. The molecule has 96 valence electrons. The zero-order valence-electron chi connectivity index (χ0n) is 9.12. The van der Waals surface area contributed by atoms with Crippen LogP contribution in [-0.4, -0.2) is 15.3 Å². The lowest BCUT2D eigenvalue weighted by Crippen LogP contribution is -2.26. The minimum absolute atomic E-state index is 0.0801. The van der Waals surface area contributed by atoms with Crippen molar-refractivity contribution in [1.82, 2.24) is 4.90 Å². The average Bonchev–Trinajstić information content (AvgIpc) is 2.77. The van der Waals surface area contributed by atoms with Crippen LogP contribution in [0.4, 0.5) is 0 Å². The molecule has 1 fully saturated rings. The number of alkyl halides is 2. The molecule has 6 heteroatoms. The molecule has 2 aliphatic rings. The van der Waals surface area contributed by atoms with E-state index in [2.05, 4.69) is 15.9 Å². The van der Waals surface area contributed by atoms with Crippen molar-refractivity contribution in [2.24, 2.45) is 0 Å². The first-order valence-corrected chi connectivity index (χ1v) is 7.35. The molecular weight excluding hydrogens is 360 g/mol. The second kappa shape index (κ2) is 4.48. The summed E-state index contributed by atoms with van der Waals surface area (Å²) in [5.74, 6) is 0. The van der Waals surface area contributed by atoms with Gasteiger partial charge in [0.15, 0.2) is 10.9 Å². The van der Waals surface area contributed by atoms with E-state index in [4.69, 9.17) is 39.5 Å². The highest BCUT2D eigenvalue weighted by Gasteiger charge is 2.57. The number of benzene rings is 1. The van der Waals surface area contributed by atoms with Crippen LogP contribution in [0.1, 0.15) is 18.2 Å². The molecule has 0 saturated heterocycles. The van der Waals surface area contributed by atoms with Crippen LogP contribution in [0.15, 0.2) is 35.1 Å². The van der Waals surface area contributed by atoms with Gasteiger partial charge in [0.25, 0.3) is 0 Å². The van der Waals surface area contributed by atoms with Gasteiger partial charge in [-0.3, -0.25) is 0 Å². The van der Waals surface area contributed by atoms with Gasteiger partial charge in [-0.1, -0.05) is 46.9 Å². The van der Waals surface area contributed by atoms with Crippen molar-refractivity contribution in [3.63, 3.8) is 0 Å². The Morgan fingerprint density at radius 1 is 1.28 bits per heavy atom. The number of ether oxygens (including phenoxy) is 1. The van der Waals surface area contributed by atoms with E-state index in [0.29, 0.717) is 9.69 Å². The Balaban J connectivity index is 1.86. The third kappa shape index (κ3) is 2.34. The van der Waals surface area contributed by atoms with Crippen LogP contribution in [0.2, 0.25) is 5.02 Å². The zero-order chi connectivity index (χ0) is 12.9. The predicted molar refractivity (Wildman–Crippen MR) is 77.0 cm³/mol. The minimum Gasteiger partial charge on any atom is -0.458 e. The van der Waals surface area contributed by atoms with Crippen molar-refractivity contribution >= 4 is 50.7 Å². The van der Waals surface area contributed by atoms with Crippen LogP contribution in [-0.2, 0) is 4.74 Å². The fourth-order valence-electron chi connectivity index (χ4n) is 2.03. The topological polar surface area (TPSA) is 12.5 Å². The Hall–Kier alpha value is -0.0900. The lowest BCUT2D eigenvalue weighted by atomic mass is 10.2. The first-order valence-electron chi connectivity index (χ1n) is 5.42. The molecule has 0 bridgehead atoms. The van der Waals surface area contributed by atoms with E-state index in [1.807, 2.05) is 35.4 Å². The summed E-state index contributed by atoms with van der Waals surface area (Å²) in [7, 11) is 0. The number of halogens is 4. The molecule has 1 saturated carbocycles. The number of hydrogen-bond donors (Lipinski definition) is 0. The molecule has 2 unspecified atom stereocenters. The zero-order valence-corrected chi connectivity index (χ0v) is 13.0. The summed E-state index contributed by atoms with van der Waals surface area (Å²) in [6.45, 7) is 0. The normalized spacial score (nSPS) is 28.9. The van der Waals surface area contributed by atoms with Gasteiger partial charge in [0.1, 0.15) is 4.33 Å². The summed E-state index contributed by atoms with van der Waals surface area (Å²) < 4.78 is 5.74. The lowest BCUT2D eigenvalue weighted by Gasteiger charge is -2.25. The van der Waals surface area contributed by atoms with Crippen molar-refractivity contribution in [3.8, 4) is 0 Å². The van der Waals surface area contributed by atoms with Gasteiger partial charge in [-0.25, -0.2) is 0 Å². The largest absolute Gasteiger partial charge is 0.458 e. The fraction of sp³-hybridized carbons (Fsp3) is 0.333. The van der Waals surface area contributed by atoms with Crippen LogP contribution in [0, 0.1) is 0 Å². The van der Waals surface area contributed by atoms with Gasteiger partial charge in [0.05, 0.1) is 12.2 Å². The summed E-state index contributed by atoms with van der Waals surface area (Å²) in [4.78, 5) is 2.04. The van der Waals surface area contributed by atoms with E-state index < -0.39 is 4.33 Å². The van der Waals surface area contributed by atoms with E-state index in [9.17, 15) is 0 Å². The second-order valence-corrected chi connectivity index (χ2v) is 7.14. The summed E-state index contributed by atoms with van der Waals surface area (Å²) >= 11 is 21.5. The first-order chi connectivity index (χ1) is 8.47. The van der Waals surface area contributed by atoms with Gasteiger partial charge in [-0.05, 0) is 28.1 Å². The standard InChI is InChI=1S/C12H9BrCl3NO/c13-10-6-17(9-5-12(9,15)16)11(18-10)7-1-3-8(14)4-2-7/h1-4,6,9,11H,5H2. The number of hydrogen-bond acceptors (Lipinski definition) is 2. The fourth-order valence-corrected chi connectivity index (χ4v) is 3.08.